The Bertz CT molecular complexity index is 507. The number of amides is 1. The number of nitrogens with zero attached hydrogens (tertiary/aromatic N) is 1. The van der Waals surface area contributed by atoms with Gasteiger partial charge in [-0.25, -0.2) is 0 Å². The Labute approximate surface area is 145 Å². The summed E-state index contributed by atoms with van der Waals surface area (Å²) in [5.74, 6) is 1.87. The lowest BCUT2D eigenvalue weighted by molar-refractivity contribution is -0.151. The van der Waals surface area contributed by atoms with E-state index in [0.29, 0.717) is 12.8 Å². The van der Waals surface area contributed by atoms with E-state index in [1.165, 1.54) is 10.6 Å². The first kappa shape index (κ1) is 17.8. The monoisotopic (exact) mass is 358 g/mol. The van der Waals surface area contributed by atoms with Gasteiger partial charge >= 0.3 is 0 Å². The summed E-state index contributed by atoms with van der Waals surface area (Å²) >= 11 is 8.67. The smallest absolute Gasteiger partial charge is 0.261 e. The first-order valence-corrected chi connectivity index (χ1v) is 9.72. The molecule has 2 aliphatic rings. The maximum absolute atomic E-state index is 11.9. The van der Waals surface area contributed by atoms with Gasteiger partial charge in [-0.3, -0.25) is 10.2 Å². The molecule has 2 rings (SSSR count). The summed E-state index contributed by atoms with van der Waals surface area (Å²) in [7, 11) is 0. The average Bonchev–Trinajstić information content (AvgIpc) is 2.67. The van der Waals surface area contributed by atoms with Crippen LogP contribution >= 0.6 is 35.7 Å². The summed E-state index contributed by atoms with van der Waals surface area (Å²) < 4.78 is 0.550. The maximum Gasteiger partial charge on any atom is 0.261 e. The molecule has 0 radical (unpaired) electrons. The second-order valence-electron chi connectivity index (χ2n) is 5.81. The summed E-state index contributed by atoms with van der Waals surface area (Å²) in [6.45, 7) is 6.23. The molecule has 22 heavy (non-hydrogen) atoms. The standard InChI is InChI=1S/C15H22N2O2S3/c1-4-21-14(20)22-15(2,3)13(10-6-5-7-10)19-17-11(16)8-9-12(17)18/h16H,4-9H2,1-3H3. The van der Waals surface area contributed by atoms with Gasteiger partial charge in [0.05, 0.1) is 4.75 Å². The predicted molar refractivity (Wildman–Crippen MR) is 98.2 cm³/mol. The summed E-state index contributed by atoms with van der Waals surface area (Å²) in [5.41, 5.74) is 1.24. The molecule has 0 bridgehead atoms. The van der Waals surface area contributed by atoms with Crippen LogP contribution < -0.4 is 0 Å². The second-order valence-corrected chi connectivity index (χ2v) is 9.90. The molecule has 0 aromatic rings. The van der Waals surface area contributed by atoms with Crippen molar-refractivity contribution in [3.63, 3.8) is 0 Å². The predicted octanol–water partition coefficient (Wildman–Crippen LogP) is 4.51. The first-order valence-electron chi connectivity index (χ1n) is 7.51. The van der Waals surface area contributed by atoms with Crippen LogP contribution in [-0.4, -0.2) is 30.8 Å². The van der Waals surface area contributed by atoms with Crippen LogP contribution in [0.2, 0.25) is 0 Å². The number of thiocarbonyl (C=S) groups is 1. The topological polar surface area (TPSA) is 53.4 Å². The molecule has 7 heteroatoms. The zero-order chi connectivity index (χ0) is 16.3. The fraction of sp³-hybridized carbons (Fsp3) is 0.667. The Hall–Kier alpha value is -0.530. The number of carbonyl (C=O) groups is 1. The van der Waals surface area contributed by atoms with Crippen LogP contribution in [0, 0.1) is 5.41 Å². The van der Waals surface area contributed by atoms with E-state index in [-0.39, 0.29) is 16.5 Å². The van der Waals surface area contributed by atoms with E-state index in [1.807, 2.05) is 0 Å². The quantitative estimate of drug-likeness (QED) is 0.579. The zero-order valence-corrected chi connectivity index (χ0v) is 15.7. The molecule has 1 saturated heterocycles. The molecule has 122 valence electrons. The highest BCUT2D eigenvalue weighted by Crippen LogP contribution is 2.43. The van der Waals surface area contributed by atoms with Crippen molar-refractivity contribution < 1.29 is 9.63 Å². The van der Waals surface area contributed by atoms with Crippen LogP contribution in [0.4, 0.5) is 0 Å². The molecule has 0 aromatic carbocycles. The third-order valence-corrected chi connectivity index (χ3v) is 6.25. The summed E-state index contributed by atoms with van der Waals surface area (Å²) in [6, 6.07) is 0. The van der Waals surface area contributed by atoms with Crippen LogP contribution in [0.5, 0.6) is 0 Å². The van der Waals surface area contributed by atoms with E-state index in [4.69, 9.17) is 22.5 Å². The van der Waals surface area contributed by atoms with Crippen molar-refractivity contribution in [2.45, 2.75) is 57.6 Å². The van der Waals surface area contributed by atoms with Gasteiger partial charge in [-0.2, -0.15) is 0 Å². The third kappa shape index (κ3) is 4.06. The van der Waals surface area contributed by atoms with Crippen LogP contribution in [0.25, 0.3) is 0 Å². The number of hydroxylamine groups is 2. The number of rotatable bonds is 5. The van der Waals surface area contributed by atoms with Crippen molar-refractivity contribution in [1.82, 2.24) is 5.06 Å². The Balaban J connectivity index is 2.18. The van der Waals surface area contributed by atoms with Gasteiger partial charge in [0.1, 0.15) is 15.1 Å². The molecule has 4 nitrogen and oxygen atoms in total. The molecule has 1 N–H and O–H groups in total. The molecule has 0 spiro atoms. The summed E-state index contributed by atoms with van der Waals surface area (Å²) in [4.78, 5) is 17.8. The number of hydrogen-bond acceptors (Lipinski definition) is 6. The lowest BCUT2D eigenvalue weighted by atomic mass is 9.88. The summed E-state index contributed by atoms with van der Waals surface area (Å²) in [5, 5.41) is 9.04. The van der Waals surface area contributed by atoms with E-state index in [0.717, 1.165) is 34.3 Å². The number of hydrogen-bond donors (Lipinski definition) is 1. The van der Waals surface area contributed by atoms with Gasteiger partial charge in [-0.1, -0.05) is 30.9 Å². The van der Waals surface area contributed by atoms with Gasteiger partial charge in [0.15, 0.2) is 0 Å². The molecule has 1 amide bonds. The minimum absolute atomic E-state index is 0.131. The van der Waals surface area contributed by atoms with Gasteiger partial charge in [0, 0.05) is 12.8 Å². The van der Waals surface area contributed by atoms with Gasteiger partial charge in [0.2, 0.25) is 0 Å². The van der Waals surface area contributed by atoms with Crippen LogP contribution in [0.15, 0.2) is 11.3 Å². The number of amidine groups is 1. The van der Waals surface area contributed by atoms with Crippen LogP contribution in [-0.2, 0) is 9.63 Å². The van der Waals surface area contributed by atoms with Crippen molar-refractivity contribution in [2.24, 2.45) is 0 Å². The molecule has 0 atom stereocenters. The molecule has 2 fully saturated rings. The fourth-order valence-electron chi connectivity index (χ4n) is 2.36. The Morgan fingerprint density at radius 3 is 2.50 bits per heavy atom. The van der Waals surface area contributed by atoms with Crippen molar-refractivity contribution in [3.05, 3.63) is 11.3 Å². The molecule has 1 aliphatic carbocycles. The van der Waals surface area contributed by atoms with Gasteiger partial charge in [-0.05, 0) is 44.4 Å². The van der Waals surface area contributed by atoms with Gasteiger partial charge in [-0.15, -0.1) is 16.8 Å². The van der Waals surface area contributed by atoms with E-state index in [9.17, 15) is 4.79 Å². The second kappa shape index (κ2) is 7.36. The average molecular weight is 359 g/mol. The molecular formula is C15H22N2O2S3. The number of thioether (sulfide) groups is 2. The van der Waals surface area contributed by atoms with Crippen molar-refractivity contribution in [3.8, 4) is 0 Å². The van der Waals surface area contributed by atoms with Crippen molar-refractivity contribution in [2.75, 3.05) is 5.75 Å². The fourth-order valence-corrected chi connectivity index (χ4v) is 5.48. The SMILES string of the molecule is CCSC(=S)SC(C)(C)C(ON1C(=N)CCC1=O)=C1CCC1. The Morgan fingerprint density at radius 1 is 1.36 bits per heavy atom. The number of nitrogens with one attached hydrogen (secondary N) is 1. The van der Waals surface area contributed by atoms with Crippen LogP contribution in [0.1, 0.15) is 52.9 Å². The van der Waals surface area contributed by atoms with E-state index in [1.54, 1.807) is 23.5 Å². The molecule has 0 unspecified atom stereocenters. The minimum Gasteiger partial charge on any atom is -0.374 e. The maximum atomic E-state index is 11.9. The van der Waals surface area contributed by atoms with E-state index >= 15 is 0 Å². The normalized spacial score (nSPS) is 18.5. The summed E-state index contributed by atoms with van der Waals surface area (Å²) in [6.07, 6.45) is 3.98. The third-order valence-electron chi connectivity index (χ3n) is 3.66. The molecule has 1 saturated carbocycles. The minimum atomic E-state index is -0.335. The Morgan fingerprint density at radius 2 is 2.05 bits per heavy atom. The molecule has 0 aromatic heterocycles. The molecular weight excluding hydrogens is 336 g/mol. The number of carbonyl (C=O) groups excluding carboxylic acids is 1. The zero-order valence-electron chi connectivity index (χ0n) is 13.2. The largest absolute Gasteiger partial charge is 0.374 e. The van der Waals surface area contributed by atoms with E-state index < -0.39 is 0 Å². The lowest BCUT2D eigenvalue weighted by Crippen LogP contribution is -2.35. The Kier molecular flexibility index (Phi) is 5.96. The van der Waals surface area contributed by atoms with Gasteiger partial charge in [0.25, 0.3) is 5.91 Å². The van der Waals surface area contributed by atoms with Crippen molar-refractivity contribution in [1.29, 1.82) is 5.41 Å². The first-order chi connectivity index (χ1) is 10.3. The highest BCUT2D eigenvalue weighted by molar-refractivity contribution is 8.47. The number of allylic oxidation sites excluding steroid dienone is 1. The molecule has 1 heterocycles. The van der Waals surface area contributed by atoms with Crippen LogP contribution in [0.3, 0.4) is 0 Å². The van der Waals surface area contributed by atoms with E-state index in [2.05, 4.69) is 20.8 Å². The molecule has 1 aliphatic heterocycles. The highest BCUT2D eigenvalue weighted by Gasteiger charge is 2.37. The van der Waals surface area contributed by atoms with Gasteiger partial charge < -0.3 is 4.84 Å². The van der Waals surface area contributed by atoms with Crippen molar-refractivity contribution >= 4 is 51.0 Å². The highest BCUT2D eigenvalue weighted by atomic mass is 32.2. The lowest BCUT2D eigenvalue weighted by Gasteiger charge is -2.34.